The Morgan fingerprint density at radius 1 is 1.07 bits per heavy atom. The molecular weight excluding hydrogens is 178 g/mol. The zero-order valence-corrected chi connectivity index (χ0v) is 9.71. The van der Waals surface area contributed by atoms with Crippen LogP contribution in [-0.2, 0) is 4.74 Å². The Morgan fingerprint density at radius 2 is 1.64 bits per heavy atom. The maximum Gasteiger partial charge on any atom is 0.409 e. The Bertz CT molecular complexity index is 146. The predicted molar refractivity (Wildman–Crippen MR) is 58.4 cm³/mol. The van der Waals surface area contributed by atoms with Gasteiger partial charge in [-0.3, -0.25) is 0 Å². The Morgan fingerprint density at radius 3 is 2.21 bits per heavy atom. The molecule has 0 aromatic heterocycles. The SMILES string of the molecule is CCCCCCCCOC(=O)N(C)C. The van der Waals surface area contributed by atoms with Crippen LogP contribution in [0.25, 0.3) is 0 Å². The molecule has 0 atom stereocenters. The molecule has 0 fully saturated rings. The molecule has 0 aromatic carbocycles. The molecule has 0 bridgehead atoms. The van der Waals surface area contributed by atoms with Gasteiger partial charge in [0.1, 0.15) is 0 Å². The first-order valence-electron chi connectivity index (χ1n) is 5.52. The van der Waals surface area contributed by atoms with Gasteiger partial charge in [0.2, 0.25) is 0 Å². The molecule has 0 aromatic rings. The Hall–Kier alpha value is -0.730. The number of rotatable bonds is 7. The number of nitrogens with zero attached hydrogens (tertiary/aromatic N) is 1. The van der Waals surface area contributed by atoms with Gasteiger partial charge in [0.05, 0.1) is 6.61 Å². The molecule has 3 heteroatoms. The van der Waals surface area contributed by atoms with Crippen molar-refractivity contribution in [3.05, 3.63) is 0 Å². The van der Waals surface area contributed by atoms with E-state index in [9.17, 15) is 4.79 Å². The molecule has 1 amide bonds. The Labute approximate surface area is 87.4 Å². The van der Waals surface area contributed by atoms with Gasteiger partial charge in [0.25, 0.3) is 0 Å². The molecule has 0 rings (SSSR count). The minimum atomic E-state index is -0.237. The van der Waals surface area contributed by atoms with Crippen molar-refractivity contribution in [3.63, 3.8) is 0 Å². The van der Waals surface area contributed by atoms with Crippen molar-refractivity contribution in [3.8, 4) is 0 Å². The Balaban J connectivity index is 3.10. The number of hydrogen-bond donors (Lipinski definition) is 0. The van der Waals surface area contributed by atoms with E-state index in [0.717, 1.165) is 6.42 Å². The molecule has 0 aliphatic heterocycles. The summed E-state index contributed by atoms with van der Waals surface area (Å²) < 4.78 is 5.00. The van der Waals surface area contributed by atoms with Gasteiger partial charge in [-0.2, -0.15) is 0 Å². The molecule has 0 N–H and O–H groups in total. The van der Waals surface area contributed by atoms with Crippen molar-refractivity contribution < 1.29 is 9.53 Å². The summed E-state index contributed by atoms with van der Waals surface area (Å²) in [4.78, 5) is 12.4. The van der Waals surface area contributed by atoms with Gasteiger partial charge in [0, 0.05) is 14.1 Å². The summed E-state index contributed by atoms with van der Waals surface area (Å²) in [6.45, 7) is 2.77. The van der Waals surface area contributed by atoms with Gasteiger partial charge in [-0.05, 0) is 6.42 Å². The summed E-state index contributed by atoms with van der Waals surface area (Å²) in [6.07, 6.45) is 7.07. The zero-order chi connectivity index (χ0) is 10.8. The third kappa shape index (κ3) is 7.90. The summed E-state index contributed by atoms with van der Waals surface area (Å²) in [5.74, 6) is 0. The highest BCUT2D eigenvalue weighted by Crippen LogP contribution is 2.05. The van der Waals surface area contributed by atoms with Gasteiger partial charge >= 0.3 is 6.09 Å². The van der Waals surface area contributed by atoms with E-state index in [0.29, 0.717) is 6.61 Å². The van der Waals surface area contributed by atoms with Gasteiger partial charge in [-0.1, -0.05) is 39.0 Å². The third-order valence-corrected chi connectivity index (χ3v) is 2.09. The molecule has 0 unspecified atom stereocenters. The molecule has 0 aliphatic rings. The monoisotopic (exact) mass is 201 g/mol. The second-order valence-corrected chi connectivity index (χ2v) is 3.78. The normalized spacial score (nSPS) is 9.93. The fraction of sp³-hybridized carbons (Fsp3) is 0.909. The van der Waals surface area contributed by atoms with Crippen molar-refractivity contribution in [2.45, 2.75) is 45.4 Å². The van der Waals surface area contributed by atoms with Crippen LogP contribution in [-0.4, -0.2) is 31.7 Å². The van der Waals surface area contributed by atoms with Crippen LogP contribution >= 0.6 is 0 Å². The van der Waals surface area contributed by atoms with E-state index in [-0.39, 0.29) is 6.09 Å². The fourth-order valence-corrected chi connectivity index (χ4v) is 1.17. The number of hydrogen-bond acceptors (Lipinski definition) is 2. The lowest BCUT2D eigenvalue weighted by molar-refractivity contribution is 0.116. The average molecular weight is 201 g/mol. The molecule has 0 radical (unpaired) electrons. The van der Waals surface area contributed by atoms with Gasteiger partial charge in [-0.25, -0.2) is 4.79 Å². The molecular formula is C11H23NO2. The lowest BCUT2D eigenvalue weighted by atomic mass is 10.1. The van der Waals surface area contributed by atoms with E-state index in [4.69, 9.17) is 4.74 Å². The molecule has 0 aliphatic carbocycles. The van der Waals surface area contributed by atoms with E-state index < -0.39 is 0 Å². The highest BCUT2D eigenvalue weighted by Gasteiger charge is 2.02. The van der Waals surface area contributed by atoms with Crippen LogP contribution in [0.5, 0.6) is 0 Å². The standard InChI is InChI=1S/C11H23NO2/c1-4-5-6-7-8-9-10-14-11(13)12(2)3/h4-10H2,1-3H3. The summed E-state index contributed by atoms with van der Waals surface area (Å²) >= 11 is 0. The summed E-state index contributed by atoms with van der Waals surface area (Å²) in [6, 6.07) is 0. The van der Waals surface area contributed by atoms with Crippen LogP contribution in [0, 0.1) is 0 Å². The van der Waals surface area contributed by atoms with Gasteiger partial charge in [-0.15, -0.1) is 0 Å². The number of carbonyl (C=O) groups excluding carboxylic acids is 1. The van der Waals surface area contributed by atoms with Crippen LogP contribution in [0.3, 0.4) is 0 Å². The highest BCUT2D eigenvalue weighted by molar-refractivity contribution is 5.66. The van der Waals surface area contributed by atoms with E-state index in [1.165, 1.54) is 37.0 Å². The predicted octanol–water partition coefficient (Wildman–Crippen LogP) is 3.05. The van der Waals surface area contributed by atoms with E-state index in [1.54, 1.807) is 14.1 Å². The van der Waals surface area contributed by atoms with Crippen molar-refractivity contribution in [1.29, 1.82) is 0 Å². The minimum Gasteiger partial charge on any atom is -0.449 e. The first-order chi connectivity index (χ1) is 6.68. The molecule has 0 saturated carbocycles. The summed E-state index contributed by atoms with van der Waals surface area (Å²) in [5, 5.41) is 0. The minimum absolute atomic E-state index is 0.237. The van der Waals surface area contributed by atoms with Crippen molar-refractivity contribution in [1.82, 2.24) is 4.90 Å². The quantitative estimate of drug-likeness (QED) is 0.592. The number of unbranched alkanes of at least 4 members (excludes halogenated alkanes) is 5. The van der Waals surface area contributed by atoms with E-state index in [2.05, 4.69) is 6.92 Å². The lowest BCUT2D eigenvalue weighted by Gasteiger charge is -2.10. The van der Waals surface area contributed by atoms with E-state index >= 15 is 0 Å². The Kier molecular flexibility index (Phi) is 8.39. The largest absolute Gasteiger partial charge is 0.449 e. The number of carbonyl (C=O) groups is 1. The molecule has 0 spiro atoms. The zero-order valence-electron chi connectivity index (χ0n) is 9.71. The molecule has 3 nitrogen and oxygen atoms in total. The topological polar surface area (TPSA) is 29.5 Å². The van der Waals surface area contributed by atoms with Crippen LogP contribution in [0.4, 0.5) is 4.79 Å². The fourth-order valence-electron chi connectivity index (χ4n) is 1.17. The first kappa shape index (κ1) is 13.3. The molecule has 0 heterocycles. The molecule has 84 valence electrons. The molecule has 0 saturated heterocycles. The van der Waals surface area contributed by atoms with Crippen LogP contribution in [0.1, 0.15) is 45.4 Å². The number of amides is 1. The van der Waals surface area contributed by atoms with Crippen LogP contribution in [0.2, 0.25) is 0 Å². The van der Waals surface area contributed by atoms with Crippen molar-refractivity contribution in [2.24, 2.45) is 0 Å². The smallest absolute Gasteiger partial charge is 0.409 e. The number of ether oxygens (including phenoxy) is 1. The molecule has 14 heavy (non-hydrogen) atoms. The second-order valence-electron chi connectivity index (χ2n) is 3.78. The van der Waals surface area contributed by atoms with E-state index in [1.807, 2.05) is 0 Å². The summed E-state index contributed by atoms with van der Waals surface area (Å²) in [5.41, 5.74) is 0. The van der Waals surface area contributed by atoms with Gasteiger partial charge in [0.15, 0.2) is 0 Å². The third-order valence-electron chi connectivity index (χ3n) is 2.09. The van der Waals surface area contributed by atoms with Crippen LogP contribution in [0.15, 0.2) is 0 Å². The maximum absolute atomic E-state index is 11.0. The van der Waals surface area contributed by atoms with Gasteiger partial charge < -0.3 is 9.64 Å². The first-order valence-corrected chi connectivity index (χ1v) is 5.52. The average Bonchev–Trinajstić information content (AvgIpc) is 2.16. The van der Waals surface area contributed by atoms with Crippen molar-refractivity contribution in [2.75, 3.05) is 20.7 Å². The highest BCUT2D eigenvalue weighted by atomic mass is 16.6. The van der Waals surface area contributed by atoms with Crippen LogP contribution < -0.4 is 0 Å². The second kappa shape index (κ2) is 8.85. The van der Waals surface area contributed by atoms with Crippen molar-refractivity contribution >= 4 is 6.09 Å². The summed E-state index contributed by atoms with van der Waals surface area (Å²) in [7, 11) is 3.40. The lowest BCUT2D eigenvalue weighted by Crippen LogP contribution is -2.23. The maximum atomic E-state index is 11.0.